The Morgan fingerprint density at radius 3 is 1.80 bits per heavy atom. The number of halogens is 4. The molecule has 4 atom stereocenters. The van der Waals surface area contributed by atoms with Crippen LogP contribution in [0.2, 0.25) is 0 Å². The number of amides is 2. The van der Waals surface area contributed by atoms with Gasteiger partial charge in [0.15, 0.2) is 5.78 Å². The van der Waals surface area contributed by atoms with Crippen LogP contribution in [0.4, 0.5) is 0 Å². The molecule has 12 nitrogen and oxygen atoms in total. The molecule has 1 aromatic rings. The zero-order chi connectivity index (χ0) is 27.0. The van der Waals surface area contributed by atoms with E-state index in [4.69, 9.17) is 16.7 Å². The van der Waals surface area contributed by atoms with Crippen LogP contribution in [-0.4, -0.2) is 117 Å². The number of rotatable bonds is 13. The molecule has 0 aliphatic rings. The maximum atomic E-state index is 13.6. The topological polar surface area (TPSA) is 200 Å². The third-order valence-corrected chi connectivity index (χ3v) is 8.41. The highest BCUT2D eigenvalue weighted by molar-refractivity contribution is 14.1. The largest absolute Gasteiger partial charge is 0.394 e. The van der Waals surface area contributed by atoms with Gasteiger partial charge >= 0.3 is 0 Å². The van der Waals surface area contributed by atoms with Crippen LogP contribution in [0.1, 0.15) is 31.1 Å². The van der Waals surface area contributed by atoms with Crippen molar-refractivity contribution in [1.29, 1.82) is 0 Å². The fourth-order valence-electron chi connectivity index (χ4n) is 3.03. The lowest BCUT2D eigenvalue weighted by Gasteiger charge is -2.33. The van der Waals surface area contributed by atoms with Gasteiger partial charge in [0.2, 0.25) is 0 Å². The predicted molar refractivity (Wildman–Crippen MR) is 150 cm³/mol. The monoisotopic (exact) mass is 855 g/mol. The Morgan fingerprint density at radius 2 is 1.37 bits per heavy atom. The van der Waals surface area contributed by atoms with Gasteiger partial charge in [0.1, 0.15) is 6.10 Å². The molecule has 2 amide bonds. The molecule has 0 radical (unpaired) electrons. The smallest absolute Gasteiger partial charge is 0.270 e. The molecule has 0 bridgehead atoms. The molecular formula is C19H25ClI3N3O9. The highest BCUT2D eigenvalue weighted by Gasteiger charge is 2.36. The van der Waals surface area contributed by atoms with Crippen LogP contribution in [-0.2, 0) is 0 Å². The van der Waals surface area contributed by atoms with E-state index in [0.717, 1.165) is 5.01 Å². The molecule has 16 heteroatoms. The molecule has 0 aliphatic carbocycles. The first kappa shape index (κ1) is 33.1. The Bertz CT molecular complexity index is 941. The van der Waals surface area contributed by atoms with E-state index in [9.17, 15) is 39.9 Å². The summed E-state index contributed by atoms with van der Waals surface area (Å²) in [7, 11) is 1.34. The first-order valence-corrected chi connectivity index (χ1v) is 13.6. The van der Waals surface area contributed by atoms with Crippen molar-refractivity contribution in [2.45, 2.75) is 24.3 Å². The van der Waals surface area contributed by atoms with E-state index in [2.05, 4.69) is 10.7 Å². The minimum Gasteiger partial charge on any atom is -0.394 e. The molecule has 1 aromatic carbocycles. The number of carbonyl (C=O) groups is 3. The third kappa shape index (κ3) is 7.54. The molecule has 0 saturated heterocycles. The van der Waals surface area contributed by atoms with E-state index in [1.165, 1.54) is 7.05 Å². The van der Waals surface area contributed by atoms with Gasteiger partial charge in [0.25, 0.3) is 11.8 Å². The number of hydrogen-bond acceptors (Lipinski definition) is 10. The SMILES string of the molecule is CNN(C(=O)c1c(I)c(C(=O)CCl)c(I)c(C(=O)NC(CO)C(O)CO)c1I)C(CO)C(O)CO. The molecule has 0 heterocycles. The zero-order valence-electron chi connectivity index (χ0n) is 18.2. The molecule has 0 aliphatic heterocycles. The summed E-state index contributed by atoms with van der Waals surface area (Å²) in [5, 5.41) is 60.9. The quantitative estimate of drug-likeness (QED) is 0.0509. The van der Waals surface area contributed by atoms with Gasteiger partial charge in [-0.25, -0.2) is 5.43 Å². The fraction of sp³-hybridized carbons (Fsp3) is 0.526. The zero-order valence-corrected chi connectivity index (χ0v) is 25.4. The van der Waals surface area contributed by atoms with E-state index in [1.54, 1.807) is 67.8 Å². The summed E-state index contributed by atoms with van der Waals surface area (Å²) in [5.41, 5.74) is 2.30. The molecule has 0 fully saturated rings. The lowest BCUT2D eigenvalue weighted by molar-refractivity contribution is -0.0214. The Labute approximate surface area is 246 Å². The van der Waals surface area contributed by atoms with E-state index >= 15 is 0 Å². The van der Waals surface area contributed by atoms with Gasteiger partial charge in [-0.2, -0.15) is 0 Å². The first-order valence-electron chi connectivity index (χ1n) is 9.88. The summed E-state index contributed by atoms with van der Waals surface area (Å²) in [4.78, 5) is 39.5. The molecule has 4 unspecified atom stereocenters. The number of nitrogens with zero attached hydrogens (tertiary/aromatic N) is 1. The average molecular weight is 856 g/mol. The molecule has 35 heavy (non-hydrogen) atoms. The molecule has 0 spiro atoms. The fourth-order valence-corrected chi connectivity index (χ4v) is 7.88. The number of aliphatic hydroxyl groups excluding tert-OH is 6. The summed E-state index contributed by atoms with van der Waals surface area (Å²) < 4.78 is 0.417. The number of Topliss-reactive ketones (excluding diaryl/α,β-unsaturated/α-hetero) is 1. The number of hydrogen-bond donors (Lipinski definition) is 8. The molecule has 1 rings (SSSR count). The van der Waals surface area contributed by atoms with Crippen molar-refractivity contribution >= 4 is 97.0 Å². The summed E-state index contributed by atoms with van der Waals surface area (Å²) in [6.07, 6.45) is -2.98. The van der Waals surface area contributed by atoms with Gasteiger partial charge in [0, 0.05) is 23.3 Å². The lowest BCUT2D eigenvalue weighted by atomic mass is 10.0. The Kier molecular flexibility index (Phi) is 14.6. The van der Waals surface area contributed by atoms with E-state index in [0.29, 0.717) is 0 Å². The molecule has 0 saturated carbocycles. The van der Waals surface area contributed by atoms with Crippen LogP contribution in [0.3, 0.4) is 0 Å². The molecule has 0 aromatic heterocycles. The second kappa shape index (κ2) is 15.4. The van der Waals surface area contributed by atoms with Crippen molar-refractivity contribution < 1.29 is 45.0 Å². The second-order valence-corrected chi connectivity index (χ2v) is 10.5. The number of carbonyl (C=O) groups excluding carboxylic acids is 3. The van der Waals surface area contributed by atoms with Gasteiger partial charge < -0.3 is 36.0 Å². The maximum Gasteiger partial charge on any atom is 0.270 e. The summed E-state index contributed by atoms with van der Waals surface area (Å²) in [6, 6.07) is -2.51. The number of hydrazine groups is 1. The normalized spacial score (nSPS) is 14.7. The number of nitrogens with one attached hydrogen (secondary N) is 2. The van der Waals surface area contributed by atoms with E-state index in [-0.39, 0.29) is 27.4 Å². The van der Waals surface area contributed by atoms with Gasteiger partial charge in [-0.3, -0.25) is 19.4 Å². The molecule has 198 valence electrons. The molecular weight excluding hydrogens is 830 g/mol. The van der Waals surface area contributed by atoms with Crippen LogP contribution in [0.15, 0.2) is 0 Å². The first-order chi connectivity index (χ1) is 16.5. The van der Waals surface area contributed by atoms with Crippen molar-refractivity contribution in [2.24, 2.45) is 0 Å². The highest BCUT2D eigenvalue weighted by Crippen LogP contribution is 2.34. The number of benzene rings is 1. The van der Waals surface area contributed by atoms with E-state index < -0.39 is 74.2 Å². The lowest BCUT2D eigenvalue weighted by Crippen LogP contribution is -2.56. The Balaban J connectivity index is 3.83. The standard InChI is InChI=1S/C19H25ClI3N3O9/c1-24-26(8(4-28)11(33)6-30)19(35)14-16(22)12(9(31)2-20)15(21)13(17(14)23)18(34)25-7(3-27)10(32)5-29/h7-8,10-11,24,27-30,32-33H,2-6H2,1H3,(H,25,34). The van der Waals surface area contributed by atoms with Crippen LogP contribution in [0.25, 0.3) is 0 Å². The second-order valence-electron chi connectivity index (χ2n) is 7.03. The number of alkyl halides is 1. The van der Waals surface area contributed by atoms with Crippen molar-refractivity contribution in [1.82, 2.24) is 15.8 Å². The van der Waals surface area contributed by atoms with Gasteiger partial charge in [-0.15, -0.1) is 11.6 Å². The number of ketones is 1. The van der Waals surface area contributed by atoms with Crippen LogP contribution >= 0.6 is 79.4 Å². The summed E-state index contributed by atoms with van der Waals surface area (Å²) in [6.45, 7) is -2.91. The molecule has 8 N–H and O–H groups in total. The van der Waals surface area contributed by atoms with Crippen molar-refractivity contribution in [3.8, 4) is 0 Å². The highest BCUT2D eigenvalue weighted by atomic mass is 127. The van der Waals surface area contributed by atoms with Gasteiger partial charge in [-0.1, -0.05) is 0 Å². The van der Waals surface area contributed by atoms with Crippen LogP contribution < -0.4 is 10.7 Å². The predicted octanol–water partition coefficient (Wildman–Crippen LogP) is -1.34. The average Bonchev–Trinajstić information content (AvgIpc) is 2.84. The summed E-state index contributed by atoms with van der Waals surface area (Å²) in [5.74, 6) is -2.71. The van der Waals surface area contributed by atoms with E-state index in [1.807, 2.05) is 0 Å². The minimum absolute atomic E-state index is 0.0160. The minimum atomic E-state index is -1.51. The third-order valence-electron chi connectivity index (χ3n) is 4.93. The van der Waals surface area contributed by atoms with Crippen LogP contribution in [0.5, 0.6) is 0 Å². The van der Waals surface area contributed by atoms with Gasteiger partial charge in [-0.05, 0) is 67.8 Å². The van der Waals surface area contributed by atoms with Crippen molar-refractivity contribution in [3.63, 3.8) is 0 Å². The van der Waals surface area contributed by atoms with Gasteiger partial charge in [0.05, 0.1) is 61.6 Å². The summed E-state index contributed by atoms with van der Waals surface area (Å²) >= 11 is 11.0. The van der Waals surface area contributed by atoms with Crippen molar-refractivity contribution in [2.75, 3.05) is 39.4 Å². The Morgan fingerprint density at radius 1 is 0.857 bits per heavy atom. The van der Waals surface area contributed by atoms with Crippen LogP contribution in [0, 0.1) is 10.7 Å². The van der Waals surface area contributed by atoms with Crippen molar-refractivity contribution in [3.05, 3.63) is 27.4 Å². The Hall–Kier alpha value is 0.0300. The maximum absolute atomic E-state index is 13.6. The number of aliphatic hydroxyl groups is 6.